The Bertz CT molecular complexity index is 800. The molecule has 0 fully saturated rings. The van der Waals surface area contributed by atoms with Crippen LogP contribution in [-0.4, -0.2) is 4.98 Å². The first kappa shape index (κ1) is 17.0. The van der Waals surface area contributed by atoms with Gasteiger partial charge in [0.25, 0.3) is 0 Å². The summed E-state index contributed by atoms with van der Waals surface area (Å²) in [6.07, 6.45) is 0. The predicted octanol–water partition coefficient (Wildman–Crippen LogP) is 7.86. The van der Waals surface area contributed by atoms with Crippen LogP contribution in [0.5, 0.6) is 0 Å². The molecule has 1 nitrogen and oxygen atoms in total. The Morgan fingerprint density at radius 1 is 0.864 bits per heavy atom. The summed E-state index contributed by atoms with van der Waals surface area (Å²) >= 11 is 33.7. The highest BCUT2D eigenvalue weighted by molar-refractivity contribution is 8.00. The Morgan fingerprint density at radius 3 is 2.09 bits per heavy atom. The Hall–Kier alpha value is 0.130. The third-order valence-electron chi connectivity index (χ3n) is 2.91. The number of aromatic nitrogens is 1. The molecule has 0 spiro atoms. The van der Waals surface area contributed by atoms with Crippen molar-refractivity contribution >= 4 is 91.3 Å². The summed E-state index contributed by atoms with van der Waals surface area (Å²) in [5, 5.41) is 1.27. The molecule has 8 heteroatoms. The van der Waals surface area contributed by atoms with E-state index in [2.05, 4.69) is 4.98 Å². The zero-order chi connectivity index (χ0) is 15.9. The molecule has 0 atom stereocenters. The highest BCUT2D eigenvalue weighted by Gasteiger charge is 2.19. The Labute approximate surface area is 160 Å². The maximum Gasteiger partial charge on any atom is 0.151 e. The van der Waals surface area contributed by atoms with Gasteiger partial charge in [0.2, 0.25) is 0 Å². The van der Waals surface area contributed by atoms with E-state index >= 15 is 0 Å². The molecule has 22 heavy (non-hydrogen) atoms. The van der Waals surface area contributed by atoms with Gasteiger partial charge in [0, 0.05) is 11.3 Å². The van der Waals surface area contributed by atoms with Gasteiger partial charge in [-0.2, -0.15) is 0 Å². The summed E-state index contributed by atoms with van der Waals surface area (Å²) in [4.78, 5) is 4.55. The van der Waals surface area contributed by atoms with Crippen molar-refractivity contribution in [1.29, 1.82) is 0 Å². The molecule has 0 aliphatic heterocycles. The van der Waals surface area contributed by atoms with Crippen molar-refractivity contribution in [3.05, 3.63) is 54.9 Å². The fourth-order valence-electron chi connectivity index (χ4n) is 1.82. The Balaban J connectivity index is 1.90. The van der Waals surface area contributed by atoms with E-state index in [0.717, 1.165) is 14.6 Å². The van der Waals surface area contributed by atoms with Crippen molar-refractivity contribution in [2.24, 2.45) is 0 Å². The number of para-hydroxylation sites is 1. The fourth-order valence-corrected chi connectivity index (χ4v) is 5.39. The summed E-state index contributed by atoms with van der Waals surface area (Å²) < 4.78 is 2.06. The number of halogens is 5. The van der Waals surface area contributed by atoms with Gasteiger partial charge in [0.1, 0.15) is 0 Å². The predicted molar refractivity (Wildman–Crippen MR) is 101 cm³/mol. The SMILES string of the molecule is Clc1c(Cl)c(Cl)c(CSc2nc3ccccc3s2)c(Cl)c1Cl. The van der Waals surface area contributed by atoms with Crippen LogP contribution in [0.3, 0.4) is 0 Å². The molecule has 1 aromatic heterocycles. The summed E-state index contributed by atoms with van der Waals surface area (Å²) in [7, 11) is 0. The second-order valence-electron chi connectivity index (χ2n) is 4.28. The van der Waals surface area contributed by atoms with Crippen LogP contribution >= 0.6 is 81.1 Å². The number of thiazole rings is 1. The number of thioether (sulfide) groups is 1. The van der Waals surface area contributed by atoms with E-state index in [0.29, 0.717) is 21.4 Å². The van der Waals surface area contributed by atoms with E-state index in [4.69, 9.17) is 58.0 Å². The van der Waals surface area contributed by atoms with Gasteiger partial charge in [-0.05, 0) is 12.1 Å². The molecule has 0 aliphatic rings. The monoisotopic (exact) mass is 427 g/mol. The van der Waals surface area contributed by atoms with E-state index in [1.807, 2.05) is 24.3 Å². The molecule has 0 amide bonds. The minimum Gasteiger partial charge on any atom is -0.230 e. The maximum absolute atomic E-state index is 6.23. The van der Waals surface area contributed by atoms with Crippen LogP contribution in [0.15, 0.2) is 28.6 Å². The normalized spacial score (nSPS) is 11.3. The molecule has 114 valence electrons. The van der Waals surface area contributed by atoms with Gasteiger partial charge in [-0.1, -0.05) is 81.9 Å². The van der Waals surface area contributed by atoms with Crippen LogP contribution in [0.25, 0.3) is 10.2 Å². The van der Waals surface area contributed by atoms with Crippen LogP contribution in [0, 0.1) is 0 Å². The lowest BCUT2D eigenvalue weighted by Crippen LogP contribution is -1.89. The van der Waals surface area contributed by atoms with Crippen molar-refractivity contribution in [2.75, 3.05) is 0 Å². The van der Waals surface area contributed by atoms with Gasteiger partial charge in [-0.3, -0.25) is 0 Å². The molecular formula is C14H6Cl5NS2. The van der Waals surface area contributed by atoms with E-state index in [1.165, 1.54) is 11.8 Å². The molecule has 0 saturated heterocycles. The average Bonchev–Trinajstić information content (AvgIpc) is 2.94. The van der Waals surface area contributed by atoms with Crippen LogP contribution in [0.2, 0.25) is 25.1 Å². The zero-order valence-electron chi connectivity index (χ0n) is 10.7. The van der Waals surface area contributed by atoms with Gasteiger partial charge in [-0.25, -0.2) is 4.98 Å². The molecule has 3 aromatic rings. The van der Waals surface area contributed by atoms with Crippen molar-refractivity contribution in [1.82, 2.24) is 4.98 Å². The zero-order valence-corrected chi connectivity index (χ0v) is 16.1. The van der Waals surface area contributed by atoms with Crippen molar-refractivity contribution in [3.63, 3.8) is 0 Å². The first-order valence-corrected chi connectivity index (χ1v) is 9.67. The van der Waals surface area contributed by atoms with Crippen LogP contribution in [0.4, 0.5) is 0 Å². The third-order valence-corrected chi connectivity index (χ3v) is 7.48. The molecule has 0 radical (unpaired) electrons. The van der Waals surface area contributed by atoms with Crippen molar-refractivity contribution < 1.29 is 0 Å². The Morgan fingerprint density at radius 2 is 1.45 bits per heavy atom. The lowest BCUT2D eigenvalue weighted by atomic mass is 10.2. The van der Waals surface area contributed by atoms with Gasteiger partial charge >= 0.3 is 0 Å². The van der Waals surface area contributed by atoms with Crippen molar-refractivity contribution in [2.45, 2.75) is 10.1 Å². The lowest BCUT2D eigenvalue weighted by Gasteiger charge is -2.11. The maximum atomic E-state index is 6.23. The van der Waals surface area contributed by atoms with Crippen LogP contribution in [0.1, 0.15) is 5.56 Å². The summed E-state index contributed by atoms with van der Waals surface area (Å²) in [5.41, 5.74) is 1.63. The first-order valence-electron chi connectivity index (χ1n) is 5.97. The van der Waals surface area contributed by atoms with Gasteiger partial charge in [-0.15, -0.1) is 11.3 Å². The number of hydrogen-bond donors (Lipinski definition) is 0. The highest BCUT2D eigenvalue weighted by atomic mass is 35.5. The van der Waals surface area contributed by atoms with Crippen LogP contribution < -0.4 is 0 Å². The largest absolute Gasteiger partial charge is 0.230 e. The number of benzene rings is 2. The lowest BCUT2D eigenvalue weighted by molar-refractivity contribution is 1.29. The smallest absolute Gasteiger partial charge is 0.151 e. The summed E-state index contributed by atoms with van der Waals surface area (Å²) in [6.45, 7) is 0. The summed E-state index contributed by atoms with van der Waals surface area (Å²) in [6, 6.07) is 7.96. The molecule has 0 bridgehead atoms. The standard InChI is InChI=1S/C14H6Cl5NS2/c15-9-6(10(16)12(18)13(19)11(9)17)5-21-14-20-7-3-1-2-4-8(7)22-14/h1-4H,5H2. The number of hydrogen-bond acceptors (Lipinski definition) is 3. The quantitative estimate of drug-likeness (QED) is 0.239. The van der Waals surface area contributed by atoms with E-state index in [9.17, 15) is 0 Å². The molecule has 1 heterocycles. The fraction of sp³-hybridized carbons (Fsp3) is 0.0714. The molecule has 0 unspecified atom stereocenters. The van der Waals surface area contributed by atoms with Gasteiger partial charge in [0.05, 0.1) is 35.3 Å². The minimum absolute atomic E-state index is 0.173. The first-order chi connectivity index (χ1) is 10.5. The van der Waals surface area contributed by atoms with E-state index in [-0.39, 0.29) is 15.1 Å². The summed E-state index contributed by atoms with van der Waals surface area (Å²) in [5.74, 6) is 0.508. The molecule has 3 rings (SSSR count). The average molecular weight is 430 g/mol. The minimum atomic E-state index is 0.173. The molecule has 0 aliphatic carbocycles. The van der Waals surface area contributed by atoms with E-state index in [1.54, 1.807) is 11.3 Å². The molecular weight excluding hydrogens is 424 g/mol. The molecule has 0 N–H and O–H groups in total. The number of rotatable bonds is 3. The Kier molecular flexibility index (Phi) is 5.35. The third kappa shape index (κ3) is 3.18. The second-order valence-corrected chi connectivity index (χ2v) is 8.43. The highest BCUT2D eigenvalue weighted by Crippen LogP contribution is 2.46. The van der Waals surface area contributed by atoms with Gasteiger partial charge < -0.3 is 0 Å². The van der Waals surface area contributed by atoms with Crippen molar-refractivity contribution in [3.8, 4) is 0 Å². The van der Waals surface area contributed by atoms with Gasteiger partial charge in [0.15, 0.2) is 4.34 Å². The molecule has 0 saturated carbocycles. The topological polar surface area (TPSA) is 12.9 Å². The second kappa shape index (κ2) is 6.94. The van der Waals surface area contributed by atoms with Crippen LogP contribution in [-0.2, 0) is 5.75 Å². The number of nitrogens with zero attached hydrogens (tertiary/aromatic N) is 1. The number of fused-ring (bicyclic) bond motifs is 1. The molecule has 2 aromatic carbocycles. The van der Waals surface area contributed by atoms with E-state index < -0.39 is 0 Å².